The number of nitrogens with zero attached hydrogens (tertiary/aromatic N) is 1. The van der Waals surface area contributed by atoms with Gasteiger partial charge in [0.15, 0.2) is 0 Å². The van der Waals surface area contributed by atoms with Crippen molar-refractivity contribution in [2.75, 3.05) is 25.4 Å². The van der Waals surface area contributed by atoms with Crippen LogP contribution in [0.2, 0.25) is 0 Å². The fraction of sp³-hybridized carbons (Fsp3) is 0.800. The van der Waals surface area contributed by atoms with E-state index in [9.17, 15) is 22.8 Å². The Kier molecular flexibility index (Phi) is 5.30. The van der Waals surface area contributed by atoms with Gasteiger partial charge in [0.25, 0.3) is 0 Å². The van der Waals surface area contributed by atoms with Gasteiger partial charge in [0.05, 0.1) is 5.92 Å². The second kappa shape index (κ2) is 6.31. The highest BCUT2D eigenvalue weighted by molar-refractivity contribution is 7.80. The Balaban J connectivity index is 2.55. The minimum absolute atomic E-state index is 0.0188. The lowest BCUT2D eigenvalue weighted by Gasteiger charge is -2.32. The third-order valence-electron chi connectivity index (χ3n) is 2.65. The molecule has 0 spiro atoms. The van der Waals surface area contributed by atoms with E-state index in [1.54, 1.807) is 0 Å². The molecular weight excluding hydrogens is 269 g/mol. The number of likely N-dealkylation sites (tertiary alicyclic amines) is 1. The first kappa shape index (κ1) is 15.1. The maximum atomic E-state index is 12.2. The van der Waals surface area contributed by atoms with Gasteiger partial charge in [-0.3, -0.25) is 9.59 Å². The molecule has 1 saturated heterocycles. The van der Waals surface area contributed by atoms with Crippen LogP contribution in [-0.4, -0.2) is 48.3 Å². The molecule has 4 nitrogen and oxygen atoms in total. The highest BCUT2D eigenvalue weighted by Crippen LogP contribution is 2.23. The summed E-state index contributed by atoms with van der Waals surface area (Å²) in [7, 11) is 0. The third kappa shape index (κ3) is 4.75. The van der Waals surface area contributed by atoms with Crippen LogP contribution in [0.4, 0.5) is 13.2 Å². The molecule has 0 radical (unpaired) electrons. The van der Waals surface area contributed by atoms with E-state index in [4.69, 9.17) is 0 Å². The van der Waals surface area contributed by atoms with Gasteiger partial charge in [-0.2, -0.15) is 25.8 Å². The summed E-state index contributed by atoms with van der Waals surface area (Å²) < 4.78 is 36.7. The summed E-state index contributed by atoms with van der Waals surface area (Å²) in [5.74, 6) is -0.969. The molecule has 0 saturated carbocycles. The van der Waals surface area contributed by atoms with E-state index >= 15 is 0 Å². The number of hydrogen-bond donors (Lipinski definition) is 2. The Morgan fingerprint density at radius 3 is 2.72 bits per heavy atom. The highest BCUT2D eigenvalue weighted by atomic mass is 32.1. The zero-order valence-corrected chi connectivity index (χ0v) is 10.6. The largest absolute Gasteiger partial charge is 0.406 e. The first-order valence-electron chi connectivity index (χ1n) is 5.56. The number of halogens is 3. The minimum atomic E-state index is -4.43. The summed E-state index contributed by atoms with van der Waals surface area (Å²) in [5.41, 5.74) is 0. The van der Waals surface area contributed by atoms with Gasteiger partial charge >= 0.3 is 6.18 Å². The molecule has 8 heteroatoms. The number of hydrogen-bond acceptors (Lipinski definition) is 3. The molecule has 2 amide bonds. The standard InChI is InChI=1S/C10H15F3N2O2S/c11-10(12,13)6-15-5-7(1-2-8(15)16)9(17)14-3-4-18/h7,18H,1-6H2,(H,14,17). The van der Waals surface area contributed by atoms with E-state index in [-0.39, 0.29) is 18.9 Å². The molecule has 1 heterocycles. The molecule has 1 aliphatic rings. The predicted molar refractivity (Wildman–Crippen MR) is 62.2 cm³/mol. The van der Waals surface area contributed by atoms with Crippen molar-refractivity contribution in [3.63, 3.8) is 0 Å². The Bertz CT molecular complexity index is 323. The van der Waals surface area contributed by atoms with Crippen molar-refractivity contribution in [3.8, 4) is 0 Å². The fourth-order valence-corrected chi connectivity index (χ4v) is 1.93. The van der Waals surface area contributed by atoms with Crippen LogP contribution >= 0.6 is 12.6 Å². The Hall–Kier alpha value is -0.920. The average Bonchev–Trinajstić information content (AvgIpc) is 2.27. The van der Waals surface area contributed by atoms with Crippen LogP contribution in [0.5, 0.6) is 0 Å². The van der Waals surface area contributed by atoms with Crippen LogP contribution in [0.25, 0.3) is 0 Å². The van der Waals surface area contributed by atoms with E-state index in [0.29, 0.717) is 23.6 Å². The normalized spacial score (nSPS) is 21.0. The third-order valence-corrected chi connectivity index (χ3v) is 2.88. The van der Waals surface area contributed by atoms with Gasteiger partial charge in [0.1, 0.15) is 6.54 Å². The van der Waals surface area contributed by atoms with Crippen molar-refractivity contribution in [2.24, 2.45) is 5.92 Å². The lowest BCUT2D eigenvalue weighted by atomic mass is 9.96. The summed E-state index contributed by atoms with van der Waals surface area (Å²) in [6.07, 6.45) is -4.15. The van der Waals surface area contributed by atoms with Gasteiger partial charge in [-0.1, -0.05) is 0 Å². The van der Waals surface area contributed by atoms with Gasteiger partial charge in [0.2, 0.25) is 11.8 Å². The SMILES string of the molecule is O=C(NCCS)C1CCC(=O)N(CC(F)(F)F)C1. The maximum absolute atomic E-state index is 12.2. The molecule has 1 fully saturated rings. The van der Waals surface area contributed by atoms with E-state index < -0.39 is 24.5 Å². The minimum Gasteiger partial charge on any atom is -0.355 e. The summed E-state index contributed by atoms with van der Waals surface area (Å²) >= 11 is 3.92. The molecule has 1 rings (SSSR count). The zero-order valence-electron chi connectivity index (χ0n) is 9.66. The Morgan fingerprint density at radius 2 is 2.17 bits per heavy atom. The van der Waals surface area contributed by atoms with Gasteiger partial charge < -0.3 is 10.2 Å². The molecule has 1 N–H and O–H groups in total. The summed E-state index contributed by atoms with van der Waals surface area (Å²) in [5, 5.41) is 2.57. The lowest BCUT2D eigenvalue weighted by molar-refractivity contribution is -0.166. The Morgan fingerprint density at radius 1 is 1.50 bits per heavy atom. The van der Waals surface area contributed by atoms with Crippen LogP contribution in [0.15, 0.2) is 0 Å². The zero-order chi connectivity index (χ0) is 13.8. The first-order chi connectivity index (χ1) is 8.33. The van der Waals surface area contributed by atoms with Crippen molar-refractivity contribution in [1.29, 1.82) is 0 Å². The van der Waals surface area contributed by atoms with Crippen LogP contribution in [-0.2, 0) is 9.59 Å². The molecule has 18 heavy (non-hydrogen) atoms. The number of carbonyl (C=O) groups is 2. The van der Waals surface area contributed by atoms with Crippen LogP contribution in [0.3, 0.4) is 0 Å². The van der Waals surface area contributed by atoms with Crippen molar-refractivity contribution in [2.45, 2.75) is 19.0 Å². The van der Waals surface area contributed by atoms with Crippen molar-refractivity contribution < 1.29 is 22.8 Å². The molecule has 0 aromatic carbocycles. The van der Waals surface area contributed by atoms with E-state index in [0.717, 1.165) is 0 Å². The van der Waals surface area contributed by atoms with Crippen molar-refractivity contribution in [3.05, 3.63) is 0 Å². The van der Waals surface area contributed by atoms with Gasteiger partial charge in [-0.15, -0.1) is 0 Å². The smallest absolute Gasteiger partial charge is 0.355 e. The molecule has 0 aliphatic carbocycles. The quantitative estimate of drug-likeness (QED) is 0.751. The van der Waals surface area contributed by atoms with Crippen LogP contribution in [0, 0.1) is 5.92 Å². The van der Waals surface area contributed by atoms with Crippen molar-refractivity contribution >= 4 is 24.4 Å². The van der Waals surface area contributed by atoms with Gasteiger partial charge in [0, 0.05) is 25.3 Å². The number of alkyl halides is 3. The Labute approximate surface area is 108 Å². The molecule has 0 aromatic heterocycles. The molecule has 1 unspecified atom stereocenters. The summed E-state index contributed by atoms with van der Waals surface area (Å²) in [6, 6.07) is 0. The topological polar surface area (TPSA) is 49.4 Å². The number of rotatable bonds is 4. The summed E-state index contributed by atoms with van der Waals surface area (Å²) in [4.78, 5) is 23.6. The first-order valence-corrected chi connectivity index (χ1v) is 6.20. The van der Waals surface area contributed by atoms with E-state index in [2.05, 4.69) is 17.9 Å². The van der Waals surface area contributed by atoms with E-state index in [1.165, 1.54) is 0 Å². The van der Waals surface area contributed by atoms with Crippen LogP contribution < -0.4 is 5.32 Å². The second-order valence-electron chi connectivity index (χ2n) is 4.14. The van der Waals surface area contributed by atoms with Crippen LogP contribution in [0.1, 0.15) is 12.8 Å². The maximum Gasteiger partial charge on any atom is 0.406 e. The van der Waals surface area contributed by atoms with E-state index in [1.807, 2.05) is 0 Å². The molecular formula is C10H15F3N2O2S. The van der Waals surface area contributed by atoms with Crippen molar-refractivity contribution in [1.82, 2.24) is 10.2 Å². The van der Waals surface area contributed by atoms with Gasteiger partial charge in [-0.25, -0.2) is 0 Å². The number of nitrogens with one attached hydrogen (secondary N) is 1. The molecule has 104 valence electrons. The fourth-order valence-electron chi connectivity index (χ4n) is 1.82. The number of thiol groups is 1. The number of carbonyl (C=O) groups excluding carboxylic acids is 2. The number of amides is 2. The number of piperidine rings is 1. The average molecular weight is 284 g/mol. The lowest BCUT2D eigenvalue weighted by Crippen LogP contribution is -2.49. The molecule has 0 bridgehead atoms. The van der Waals surface area contributed by atoms with Gasteiger partial charge in [-0.05, 0) is 6.42 Å². The molecule has 1 aliphatic heterocycles. The highest BCUT2D eigenvalue weighted by Gasteiger charge is 2.37. The predicted octanol–water partition coefficient (Wildman–Crippen LogP) is 0.833. The molecule has 0 aromatic rings. The summed E-state index contributed by atoms with van der Waals surface area (Å²) in [6.45, 7) is -1.09. The second-order valence-corrected chi connectivity index (χ2v) is 4.59. The molecule has 1 atom stereocenters. The monoisotopic (exact) mass is 284 g/mol.